The molecule has 20 heteroatoms. The van der Waals surface area contributed by atoms with Gasteiger partial charge in [-0.05, 0) is 159 Å². The first-order valence-corrected chi connectivity index (χ1v) is 31.1. The number of nitrogens with two attached hydrogens (primary N) is 1. The molecule has 3 aliphatic carbocycles. The van der Waals surface area contributed by atoms with E-state index in [9.17, 15) is 27.9 Å². The van der Waals surface area contributed by atoms with E-state index in [1.54, 1.807) is 48.7 Å². The van der Waals surface area contributed by atoms with E-state index >= 15 is 0 Å². The summed E-state index contributed by atoms with van der Waals surface area (Å²) in [4.78, 5) is 51.0. The monoisotopic (exact) mass is 1080 g/mol. The van der Waals surface area contributed by atoms with Crippen molar-refractivity contribution in [2.75, 3.05) is 46.8 Å². The summed E-state index contributed by atoms with van der Waals surface area (Å²) in [5, 5.41) is 15.8. The van der Waals surface area contributed by atoms with E-state index in [0.717, 1.165) is 35.3 Å². The average molecular weight is 1080 g/mol. The van der Waals surface area contributed by atoms with Crippen molar-refractivity contribution in [2.24, 2.45) is 16.6 Å². The van der Waals surface area contributed by atoms with Gasteiger partial charge in [-0.25, -0.2) is 22.7 Å². The highest BCUT2D eigenvalue weighted by Gasteiger charge is 2.72. The second-order valence-corrected chi connectivity index (χ2v) is 31.6. The third kappa shape index (κ3) is 10.7. The molecule has 2 aromatic carbocycles. The van der Waals surface area contributed by atoms with Gasteiger partial charge in [0.15, 0.2) is 11.9 Å². The number of hydrogen-bond acceptors (Lipinski definition) is 13. The summed E-state index contributed by atoms with van der Waals surface area (Å²) in [6, 6.07) is 2.99. The molecule has 5 N–H and O–H groups in total. The maximum absolute atomic E-state index is 14.1. The van der Waals surface area contributed by atoms with Crippen LogP contribution in [-0.4, -0.2) is 142 Å². The number of likely N-dealkylation sites (tertiary alicyclic amines) is 1. The Labute approximate surface area is 445 Å². The zero-order chi connectivity index (χ0) is 55.2. The van der Waals surface area contributed by atoms with Crippen molar-refractivity contribution in [1.29, 1.82) is 0 Å². The molecule has 8 rings (SSSR count). The molecule has 75 heavy (non-hydrogen) atoms. The molecule has 0 unspecified atom stereocenters. The third-order valence-electron chi connectivity index (χ3n) is 16.9. The maximum atomic E-state index is 14.1. The number of benzene rings is 2. The summed E-state index contributed by atoms with van der Waals surface area (Å²) in [7, 11) is -3.29. The number of rotatable bonds is 16. The molecule has 18 nitrogen and oxygen atoms in total. The van der Waals surface area contributed by atoms with Gasteiger partial charge in [-0.15, -0.1) is 0 Å². The Bertz CT molecular complexity index is 2800. The Balaban J connectivity index is 0.929. The lowest BCUT2D eigenvalue weighted by Gasteiger charge is -2.62. The van der Waals surface area contributed by atoms with Crippen LogP contribution in [0.1, 0.15) is 127 Å². The van der Waals surface area contributed by atoms with E-state index in [1.807, 2.05) is 32.9 Å². The molecular weight excluding hydrogens is 995 g/mol. The molecule has 2 fully saturated rings. The summed E-state index contributed by atoms with van der Waals surface area (Å²) in [6.07, 6.45) is 4.55. The molecule has 3 heterocycles. The van der Waals surface area contributed by atoms with Crippen LogP contribution in [0.3, 0.4) is 0 Å². The largest absolute Gasteiger partial charge is 0.541 e. The number of nitrogens with one attached hydrogen (secondary N) is 2. The van der Waals surface area contributed by atoms with Crippen LogP contribution >= 0.6 is 0 Å². The lowest BCUT2D eigenvalue weighted by atomic mass is 9.50. The zero-order valence-corrected chi connectivity index (χ0v) is 48.9. The van der Waals surface area contributed by atoms with Crippen LogP contribution < -0.4 is 29.7 Å². The fraction of sp³-hybridized carbons (Fsp3) is 0.673. The van der Waals surface area contributed by atoms with E-state index in [1.165, 1.54) is 22.6 Å². The first-order chi connectivity index (χ1) is 34.7. The molecule has 5 atom stereocenters. The molecule has 1 saturated heterocycles. The number of hydrogen-bond donors (Lipinski definition) is 4. The minimum atomic E-state index is -4.14. The smallest absolute Gasteiger partial charge is 0.414 e. The Morgan fingerprint density at radius 2 is 1.69 bits per heavy atom. The quantitative estimate of drug-likeness (QED) is 0.0563. The Hall–Kier alpha value is -5.05. The van der Waals surface area contributed by atoms with Crippen molar-refractivity contribution in [3.8, 4) is 17.2 Å². The van der Waals surface area contributed by atoms with Crippen LogP contribution in [0.5, 0.6) is 17.2 Å². The lowest BCUT2D eigenvalue weighted by molar-refractivity contribution is -0.169. The Morgan fingerprint density at radius 3 is 2.35 bits per heavy atom. The molecule has 0 aromatic heterocycles. The van der Waals surface area contributed by atoms with Gasteiger partial charge in [0.25, 0.3) is 18.3 Å². The number of ether oxygens (including phenoxy) is 4. The van der Waals surface area contributed by atoms with E-state index in [0.29, 0.717) is 59.3 Å². The first kappa shape index (κ1) is 56.2. The van der Waals surface area contributed by atoms with Gasteiger partial charge in [0.05, 0.1) is 15.9 Å². The van der Waals surface area contributed by atoms with Crippen LogP contribution in [0, 0.1) is 26.7 Å². The number of aliphatic hydroxyl groups is 1. The van der Waals surface area contributed by atoms with Crippen molar-refractivity contribution in [1.82, 2.24) is 24.7 Å². The van der Waals surface area contributed by atoms with E-state index in [4.69, 9.17) is 29.1 Å². The highest BCUT2D eigenvalue weighted by molar-refractivity contribution is 7.90. The van der Waals surface area contributed by atoms with Gasteiger partial charge in [0.2, 0.25) is 11.9 Å². The molecular formula is C55H83N7O11SSi. The normalized spacial score (nSPS) is 24.2. The average Bonchev–Trinajstić information content (AvgIpc) is 3.94. The van der Waals surface area contributed by atoms with Gasteiger partial charge in [-0.1, -0.05) is 26.8 Å². The second kappa shape index (κ2) is 19.8. The first-order valence-electron chi connectivity index (χ1n) is 26.7. The third-order valence-corrected chi connectivity index (χ3v) is 22.9. The fourth-order valence-electron chi connectivity index (χ4n) is 11.7. The SMILES string of the molecule is Cc1c(C)c(S(=O)(=O)NC(N)=NCCC[C@H](NC(=O)OC(C)(C)C)C(=O)N(C)CCN(C)C(=O)OC2=CC[C@@]3(O)[C@H]4Cc5ccc(O[Si](C)(C)C(C)(C)C)c6c5[C@@]3(CCN4CC3CC3)[C@H]2O6)c(C)c2c1OC(C)(C)C2. The zero-order valence-electron chi connectivity index (χ0n) is 47.0. The topological polar surface area (TPSA) is 224 Å². The van der Waals surface area contributed by atoms with Gasteiger partial charge >= 0.3 is 12.2 Å². The summed E-state index contributed by atoms with van der Waals surface area (Å²) < 4.78 is 61.9. The number of sulfonamides is 1. The number of aliphatic imine (C=N–C) groups is 1. The summed E-state index contributed by atoms with van der Waals surface area (Å²) in [5.41, 5.74) is 7.68. The number of alkyl carbamates (subject to hydrolysis) is 1. The number of amides is 3. The van der Waals surface area contributed by atoms with E-state index in [-0.39, 0.29) is 60.8 Å². The number of carbonyl (C=O) groups is 3. The van der Waals surface area contributed by atoms with Gasteiger partial charge in [0, 0.05) is 70.3 Å². The molecule has 6 aliphatic rings. The van der Waals surface area contributed by atoms with Gasteiger partial charge < -0.3 is 49.3 Å². The number of likely N-dealkylation sites (N-methyl/N-ethyl adjacent to an activating group) is 2. The fourth-order valence-corrected chi connectivity index (χ4v) is 14.2. The summed E-state index contributed by atoms with van der Waals surface area (Å²) in [6.45, 7) is 27.4. The van der Waals surface area contributed by atoms with Gasteiger partial charge in [-0.2, -0.15) is 0 Å². The van der Waals surface area contributed by atoms with Crippen LogP contribution in [0.15, 0.2) is 33.9 Å². The van der Waals surface area contributed by atoms with E-state index in [2.05, 4.69) is 59.9 Å². The Kier molecular flexibility index (Phi) is 14.8. The molecule has 3 aliphatic heterocycles. The molecule has 414 valence electrons. The van der Waals surface area contributed by atoms with Crippen molar-refractivity contribution in [3.05, 3.63) is 57.3 Å². The van der Waals surface area contributed by atoms with Crippen molar-refractivity contribution in [2.45, 2.75) is 191 Å². The van der Waals surface area contributed by atoms with Crippen molar-refractivity contribution < 1.29 is 51.3 Å². The number of fused-ring (bicyclic) bond motifs is 1. The van der Waals surface area contributed by atoms with Crippen LogP contribution in [0.25, 0.3) is 0 Å². The molecule has 1 spiro atoms. The minimum Gasteiger partial charge on any atom is -0.541 e. The summed E-state index contributed by atoms with van der Waals surface area (Å²) >= 11 is 0. The van der Waals surface area contributed by atoms with Crippen molar-refractivity contribution in [3.63, 3.8) is 0 Å². The van der Waals surface area contributed by atoms with E-state index < -0.39 is 70.8 Å². The highest BCUT2D eigenvalue weighted by atomic mass is 32.2. The van der Waals surface area contributed by atoms with Crippen molar-refractivity contribution >= 4 is 42.4 Å². The van der Waals surface area contributed by atoms with Crippen LogP contribution in [0.2, 0.25) is 18.1 Å². The lowest BCUT2D eigenvalue weighted by Crippen LogP contribution is -2.75. The maximum Gasteiger partial charge on any atom is 0.414 e. The molecule has 2 bridgehead atoms. The highest BCUT2D eigenvalue weighted by Crippen LogP contribution is 2.66. The van der Waals surface area contributed by atoms with Gasteiger partial charge in [0.1, 0.15) is 34.5 Å². The molecule has 0 radical (unpaired) electrons. The summed E-state index contributed by atoms with van der Waals surface area (Å²) in [5.74, 6) is 2.24. The number of nitrogens with zero attached hydrogens (tertiary/aromatic N) is 4. The number of guanidine groups is 1. The van der Waals surface area contributed by atoms with Crippen LogP contribution in [-0.2, 0) is 42.5 Å². The minimum absolute atomic E-state index is 0.0334. The molecule has 3 amide bonds. The van der Waals surface area contributed by atoms with Crippen LogP contribution in [0.4, 0.5) is 9.59 Å². The second-order valence-electron chi connectivity index (χ2n) is 25.2. The predicted molar refractivity (Wildman–Crippen MR) is 289 cm³/mol. The standard InChI is InChI=1S/C55H83N7O11SSi/c1-32-33(2)45(34(3)37-30-53(10,11)71-43(32)37)74(67,68)59-48(56)57-25-16-17-38(58-49(64)72-51(4,5)6)47(63)60(12)27-28-61(13)50(65)69-40-22-23-55(66)41-29-36-20-21-39(73-75(14,15)52(7,8)9)44-42(36)54(55,46(40)70-44)24-26-62(41)31-35-18-19-35/h20-22,35,38,41,46,66H,16-19,23-31H2,1-15H3,(H,58,64)(H3,56,57,59)/t38-,41+,46-,54-,55+/m0/s1. The predicted octanol–water partition coefficient (Wildman–Crippen LogP) is 7.26. The Morgan fingerprint density at radius 1 is 1.01 bits per heavy atom. The number of piperidine rings is 1. The molecule has 2 aromatic rings. The molecule has 1 saturated carbocycles. The van der Waals surface area contributed by atoms with Gasteiger partial charge in [-0.3, -0.25) is 14.7 Å². The number of carbonyl (C=O) groups excluding carboxylic acids is 3.